The largest absolute Gasteiger partial charge is 0.466 e. The lowest BCUT2D eigenvalue weighted by Crippen LogP contribution is -2.56. The van der Waals surface area contributed by atoms with Crippen LogP contribution < -0.4 is 5.32 Å². The molecular formula is C9H12N2O3. The number of amides is 1. The Morgan fingerprint density at radius 3 is 2.86 bits per heavy atom. The number of methoxy groups -OCH3 is 1. The van der Waals surface area contributed by atoms with Gasteiger partial charge in [-0.1, -0.05) is 0 Å². The molecule has 76 valence electrons. The summed E-state index contributed by atoms with van der Waals surface area (Å²) < 4.78 is 4.56. The second-order valence-corrected chi connectivity index (χ2v) is 3.44. The van der Waals surface area contributed by atoms with E-state index in [0.717, 1.165) is 13.1 Å². The highest BCUT2D eigenvalue weighted by atomic mass is 16.5. The van der Waals surface area contributed by atoms with Crippen LogP contribution in [-0.4, -0.2) is 43.0 Å². The van der Waals surface area contributed by atoms with Gasteiger partial charge in [0.05, 0.1) is 25.1 Å². The highest BCUT2D eigenvalue weighted by Crippen LogP contribution is 2.20. The van der Waals surface area contributed by atoms with Crippen molar-refractivity contribution in [2.75, 3.05) is 20.2 Å². The van der Waals surface area contributed by atoms with Crippen molar-refractivity contribution >= 4 is 11.9 Å². The van der Waals surface area contributed by atoms with E-state index in [1.165, 1.54) is 7.11 Å². The summed E-state index contributed by atoms with van der Waals surface area (Å²) in [4.78, 5) is 24.3. The molecule has 0 aliphatic carbocycles. The Morgan fingerprint density at radius 2 is 2.36 bits per heavy atom. The van der Waals surface area contributed by atoms with Crippen LogP contribution in [0.4, 0.5) is 0 Å². The van der Waals surface area contributed by atoms with Crippen molar-refractivity contribution in [3.8, 4) is 0 Å². The van der Waals surface area contributed by atoms with Crippen molar-refractivity contribution in [1.29, 1.82) is 0 Å². The standard InChI is InChI=1S/C9H12N2O3/c1-14-9(13)6-2-8(12)11(5-6)7-3-10-4-7/h5,7,10H,2-4H2,1H3. The zero-order valence-corrected chi connectivity index (χ0v) is 7.95. The lowest BCUT2D eigenvalue weighted by molar-refractivity contribution is -0.137. The van der Waals surface area contributed by atoms with E-state index in [4.69, 9.17) is 0 Å². The van der Waals surface area contributed by atoms with Gasteiger partial charge in [-0.2, -0.15) is 0 Å². The summed E-state index contributed by atoms with van der Waals surface area (Å²) in [7, 11) is 1.32. The first-order chi connectivity index (χ1) is 6.72. The fraction of sp³-hybridized carbons (Fsp3) is 0.556. The second kappa shape index (κ2) is 3.42. The molecule has 1 fully saturated rings. The molecule has 0 saturated carbocycles. The minimum atomic E-state index is -0.409. The molecule has 1 N–H and O–H groups in total. The predicted molar refractivity (Wildman–Crippen MR) is 48.2 cm³/mol. The monoisotopic (exact) mass is 196 g/mol. The fourth-order valence-corrected chi connectivity index (χ4v) is 1.57. The van der Waals surface area contributed by atoms with Crippen LogP contribution in [0, 0.1) is 0 Å². The number of carbonyl (C=O) groups excluding carboxylic acids is 2. The maximum Gasteiger partial charge on any atom is 0.335 e. The van der Waals surface area contributed by atoms with Gasteiger partial charge in [-0.25, -0.2) is 4.79 Å². The number of hydrogen-bond donors (Lipinski definition) is 1. The summed E-state index contributed by atoms with van der Waals surface area (Å²) in [6.45, 7) is 1.60. The first-order valence-corrected chi connectivity index (χ1v) is 4.53. The highest BCUT2D eigenvalue weighted by molar-refractivity contribution is 5.98. The first-order valence-electron chi connectivity index (χ1n) is 4.53. The Hall–Kier alpha value is -1.36. The molecule has 0 aromatic carbocycles. The molecule has 2 aliphatic heterocycles. The number of hydrogen-bond acceptors (Lipinski definition) is 4. The average Bonchev–Trinajstić information content (AvgIpc) is 2.44. The van der Waals surface area contributed by atoms with Crippen LogP contribution in [0.1, 0.15) is 6.42 Å². The smallest absolute Gasteiger partial charge is 0.335 e. The zero-order valence-electron chi connectivity index (χ0n) is 7.95. The summed E-state index contributed by atoms with van der Waals surface area (Å²) in [5.74, 6) is -0.426. The third-order valence-corrected chi connectivity index (χ3v) is 2.53. The number of rotatable bonds is 2. The highest BCUT2D eigenvalue weighted by Gasteiger charge is 2.33. The van der Waals surface area contributed by atoms with Gasteiger partial charge in [0, 0.05) is 19.3 Å². The topological polar surface area (TPSA) is 58.6 Å². The summed E-state index contributed by atoms with van der Waals surface area (Å²) >= 11 is 0. The maximum atomic E-state index is 11.5. The van der Waals surface area contributed by atoms with Crippen LogP contribution in [0.2, 0.25) is 0 Å². The Morgan fingerprint density at radius 1 is 1.64 bits per heavy atom. The van der Waals surface area contributed by atoms with Crippen LogP contribution in [0.5, 0.6) is 0 Å². The van der Waals surface area contributed by atoms with Crippen molar-refractivity contribution in [3.05, 3.63) is 11.8 Å². The first kappa shape index (κ1) is 9.21. The molecule has 2 heterocycles. The predicted octanol–water partition coefficient (Wildman–Crippen LogP) is -0.753. The number of nitrogens with zero attached hydrogens (tertiary/aromatic N) is 1. The van der Waals surface area contributed by atoms with Gasteiger partial charge in [-0.15, -0.1) is 0 Å². The normalized spacial score (nSPS) is 21.9. The quantitative estimate of drug-likeness (QED) is 0.590. The minimum Gasteiger partial charge on any atom is -0.466 e. The molecule has 5 nitrogen and oxygen atoms in total. The molecule has 2 rings (SSSR count). The number of esters is 1. The third-order valence-electron chi connectivity index (χ3n) is 2.53. The molecule has 1 amide bonds. The summed E-state index contributed by atoms with van der Waals surface area (Å²) in [5, 5.41) is 3.08. The molecule has 0 spiro atoms. The van der Waals surface area contributed by atoms with Crippen LogP contribution in [0.3, 0.4) is 0 Å². The number of ether oxygens (including phenoxy) is 1. The Bertz CT molecular complexity index is 307. The molecule has 0 bridgehead atoms. The second-order valence-electron chi connectivity index (χ2n) is 3.44. The van der Waals surface area contributed by atoms with Gasteiger partial charge >= 0.3 is 5.97 Å². The summed E-state index contributed by atoms with van der Waals surface area (Å²) in [5.41, 5.74) is 0.449. The van der Waals surface area contributed by atoms with Crippen LogP contribution in [-0.2, 0) is 14.3 Å². The molecule has 0 radical (unpaired) electrons. The van der Waals surface area contributed by atoms with E-state index in [-0.39, 0.29) is 18.4 Å². The van der Waals surface area contributed by atoms with Crippen molar-refractivity contribution in [2.45, 2.75) is 12.5 Å². The maximum absolute atomic E-state index is 11.5. The van der Waals surface area contributed by atoms with Gasteiger partial charge < -0.3 is 15.0 Å². The van der Waals surface area contributed by atoms with E-state index in [1.807, 2.05) is 0 Å². The van der Waals surface area contributed by atoms with E-state index in [0.29, 0.717) is 5.57 Å². The van der Waals surface area contributed by atoms with Gasteiger partial charge in [0.1, 0.15) is 0 Å². The Kier molecular flexibility index (Phi) is 2.25. The minimum absolute atomic E-state index is 0.0168. The molecule has 0 unspecified atom stereocenters. The molecule has 0 atom stereocenters. The molecule has 5 heteroatoms. The van der Waals surface area contributed by atoms with E-state index in [2.05, 4.69) is 10.1 Å². The Balaban J connectivity index is 2.08. The van der Waals surface area contributed by atoms with E-state index in [9.17, 15) is 9.59 Å². The van der Waals surface area contributed by atoms with Crippen molar-refractivity contribution in [3.63, 3.8) is 0 Å². The number of nitrogens with one attached hydrogen (secondary N) is 1. The summed E-state index contributed by atoms with van der Waals surface area (Å²) in [6, 6.07) is 0.213. The SMILES string of the molecule is COC(=O)C1=CN(C2CNC2)C(=O)C1. The van der Waals surface area contributed by atoms with Gasteiger partial charge in [-0.3, -0.25) is 4.79 Å². The van der Waals surface area contributed by atoms with E-state index >= 15 is 0 Å². The lowest BCUT2D eigenvalue weighted by Gasteiger charge is -2.34. The molecule has 14 heavy (non-hydrogen) atoms. The Labute approximate surface area is 81.7 Å². The summed E-state index contributed by atoms with van der Waals surface area (Å²) in [6.07, 6.45) is 1.78. The van der Waals surface area contributed by atoms with Crippen LogP contribution in [0.25, 0.3) is 0 Å². The molecule has 0 aromatic heterocycles. The van der Waals surface area contributed by atoms with Gasteiger partial charge in [0.15, 0.2) is 0 Å². The van der Waals surface area contributed by atoms with Gasteiger partial charge in [-0.05, 0) is 0 Å². The molecule has 1 saturated heterocycles. The van der Waals surface area contributed by atoms with E-state index in [1.54, 1.807) is 11.1 Å². The van der Waals surface area contributed by atoms with Crippen LogP contribution >= 0.6 is 0 Å². The van der Waals surface area contributed by atoms with E-state index < -0.39 is 5.97 Å². The number of carbonyl (C=O) groups is 2. The molecular weight excluding hydrogens is 184 g/mol. The van der Waals surface area contributed by atoms with Crippen molar-refractivity contribution < 1.29 is 14.3 Å². The fourth-order valence-electron chi connectivity index (χ4n) is 1.57. The van der Waals surface area contributed by atoms with Gasteiger partial charge in [0.25, 0.3) is 0 Å². The third kappa shape index (κ3) is 1.39. The molecule has 2 aliphatic rings. The van der Waals surface area contributed by atoms with Crippen molar-refractivity contribution in [2.24, 2.45) is 0 Å². The van der Waals surface area contributed by atoms with Crippen molar-refractivity contribution in [1.82, 2.24) is 10.2 Å². The van der Waals surface area contributed by atoms with Crippen LogP contribution in [0.15, 0.2) is 11.8 Å². The molecule has 0 aromatic rings. The lowest BCUT2D eigenvalue weighted by atomic mass is 10.1. The average molecular weight is 196 g/mol. The zero-order chi connectivity index (χ0) is 10.1. The van der Waals surface area contributed by atoms with Gasteiger partial charge in [0.2, 0.25) is 5.91 Å².